The van der Waals surface area contributed by atoms with Crippen LogP contribution in [0.25, 0.3) is 0 Å². The van der Waals surface area contributed by atoms with Gasteiger partial charge in [0.05, 0.1) is 39.3 Å². The second kappa shape index (κ2) is 30.8. The Morgan fingerprint density at radius 2 is 0.849 bits per heavy atom. The van der Waals surface area contributed by atoms with Gasteiger partial charge in [0.1, 0.15) is 29.0 Å². The van der Waals surface area contributed by atoms with Crippen molar-refractivity contribution in [2.45, 2.75) is 156 Å². The zero-order valence-electron chi connectivity index (χ0n) is 59.9. The predicted octanol–water partition coefficient (Wildman–Crippen LogP) is 19.4. The molecule has 1 N–H and O–H groups in total. The summed E-state index contributed by atoms with van der Waals surface area (Å²) in [5.74, 6) is -0.182. The van der Waals surface area contributed by atoms with Gasteiger partial charge < -0.3 is 29.0 Å². The number of fused-ring (bicyclic) bond motifs is 15. The van der Waals surface area contributed by atoms with Gasteiger partial charge in [-0.05, 0) is 252 Å². The van der Waals surface area contributed by atoms with Gasteiger partial charge in [0.25, 0.3) is 0 Å². The molecule has 6 heterocycles. The van der Waals surface area contributed by atoms with Crippen molar-refractivity contribution in [3.63, 3.8) is 0 Å². The number of hydrogen-bond donors (Lipinski definition) is 1. The van der Waals surface area contributed by atoms with Crippen molar-refractivity contribution in [3.05, 3.63) is 252 Å². The fourth-order valence-electron chi connectivity index (χ4n) is 21.0. The van der Waals surface area contributed by atoms with E-state index < -0.39 is 54.8 Å². The highest BCUT2D eigenvalue weighted by molar-refractivity contribution is 7.89. The quantitative estimate of drug-likeness (QED) is 0.113. The molecule has 6 aliphatic heterocycles. The second-order valence-electron chi connectivity index (χ2n) is 30.9. The Bertz CT molecular complexity index is 4590. The number of nitrogens with zero attached hydrogens (tertiary/aromatic N) is 2. The molecule has 0 unspecified atom stereocenters. The molecular weight excluding hydrogens is 1440 g/mol. The van der Waals surface area contributed by atoms with Crippen molar-refractivity contribution < 1.29 is 58.4 Å². The number of rotatable bonds is 13. The van der Waals surface area contributed by atoms with Crippen LogP contribution in [-0.4, -0.2) is 88.1 Å². The minimum absolute atomic E-state index is 0.0146. The van der Waals surface area contributed by atoms with Crippen LogP contribution in [0.15, 0.2) is 158 Å². The maximum absolute atomic E-state index is 15.8. The third-order valence-corrected chi connectivity index (χ3v) is 29.0. The first-order valence-electron chi connectivity index (χ1n) is 37.6. The molecule has 9 aliphatic rings. The van der Waals surface area contributed by atoms with Gasteiger partial charge in [-0.1, -0.05) is 102 Å². The summed E-state index contributed by atoms with van der Waals surface area (Å²) < 4.78 is 149. The van der Waals surface area contributed by atoms with Crippen LogP contribution in [0.4, 0.5) is 26.3 Å². The largest absolute Gasteiger partial charge is 0.497 e. The fourth-order valence-corrected chi connectivity index (χ4v) is 23.6. The number of nitrogens with one attached hydrogen (secondary N) is 1. The van der Waals surface area contributed by atoms with Gasteiger partial charge >= 0.3 is 0 Å². The second-order valence-corrected chi connectivity index (χ2v) is 34.4. The topological polar surface area (TPSA) is 98.8 Å². The molecule has 8 aromatic rings. The summed E-state index contributed by atoms with van der Waals surface area (Å²) in [6.45, 7) is 6.18. The van der Waals surface area contributed by atoms with Crippen molar-refractivity contribution >= 4 is 44.8 Å². The van der Waals surface area contributed by atoms with Crippen LogP contribution >= 0.6 is 34.8 Å². The van der Waals surface area contributed by atoms with E-state index in [2.05, 4.69) is 22.3 Å². The van der Waals surface area contributed by atoms with Crippen LogP contribution in [0.2, 0.25) is 15.1 Å². The van der Waals surface area contributed by atoms with Gasteiger partial charge in [0.2, 0.25) is 10.0 Å². The van der Waals surface area contributed by atoms with E-state index in [9.17, 15) is 17.2 Å². The van der Waals surface area contributed by atoms with Gasteiger partial charge in [-0.3, -0.25) is 4.90 Å². The van der Waals surface area contributed by atoms with Crippen molar-refractivity contribution in [1.29, 1.82) is 0 Å². The summed E-state index contributed by atoms with van der Waals surface area (Å²) in [4.78, 5) is 2.60. The standard InChI is InChI=1S/C32H34ClF2NO4S.C31H32ClF2NO2.C23H24ClF2NO/c1-3-24-16-25-26-19-40-31-28(35)13-12-27(34)30(31)32(26,17-20-4-8-22(33)9-5-20)15-14-29(25)36(41(24,37)38)18-21-6-10-23(39-2)11-7-21;1-36-23-10-6-21(7-11-23)18-35-16-2-3-24-25-19-37-30-27(34)13-12-26(33)29(30)31(25,15-14-28(24)35)17-20-4-8-22(32)9-5-20;24-15-5-3-14(4-6-15)12-23-10-9-20-16(2-1-11-27-20)17(23)13-28-22-19(26)8-7-18(25)21(22)23/h4-13,24-26,29H,3,14-19H2,1-2H3;4-13,24-25,28H,2-3,14-19H2,1H3;3-8,16-17,20,27H,1-2,9-13H2/t24-,25+,26+,29-,32+;24-,25-,28+,31-;16-,17-,20+,23-/m100/s1. The van der Waals surface area contributed by atoms with Crippen LogP contribution in [0.5, 0.6) is 28.7 Å². The van der Waals surface area contributed by atoms with Crippen molar-refractivity contribution in [2.24, 2.45) is 35.5 Å². The van der Waals surface area contributed by atoms with E-state index in [4.69, 9.17) is 58.5 Å². The number of sulfonamides is 1. The Labute approximate surface area is 633 Å². The number of hydrogen-bond acceptors (Lipinski definition) is 9. The van der Waals surface area contributed by atoms with Crippen LogP contribution in [-0.2, 0) is 58.6 Å². The highest BCUT2D eigenvalue weighted by Crippen LogP contribution is 2.62. The average molecular weight is 1530 g/mol. The first-order valence-corrected chi connectivity index (χ1v) is 40.2. The van der Waals surface area contributed by atoms with Gasteiger partial charge in [-0.15, -0.1) is 0 Å². The summed E-state index contributed by atoms with van der Waals surface area (Å²) in [5, 5.41) is 5.05. The van der Waals surface area contributed by atoms with Gasteiger partial charge in [-0.2, -0.15) is 4.31 Å². The van der Waals surface area contributed by atoms with Crippen LogP contribution in [0.3, 0.4) is 0 Å². The number of piperidine rings is 2. The Hall–Kier alpha value is -6.96. The lowest BCUT2D eigenvalue weighted by atomic mass is 9.53. The van der Waals surface area contributed by atoms with Crippen molar-refractivity contribution in [3.8, 4) is 28.7 Å². The first-order chi connectivity index (χ1) is 51.2. The van der Waals surface area contributed by atoms with Gasteiger partial charge in [0.15, 0.2) is 34.7 Å². The number of halogens is 9. The normalized spacial score (nSPS) is 28.8. The minimum atomic E-state index is -3.58. The number of likely N-dealkylation sites (tertiary alicyclic amines) is 1. The van der Waals surface area contributed by atoms with Crippen LogP contribution in [0.1, 0.15) is 128 Å². The SMILES string of the molecule is CC[C@@H]1C[C@@H]2[C@@H](CC[C@@]3(Cc4ccc(Cl)cc4)c4c(F)ccc(F)c4OC[C@@H]23)N(Cc2ccc(OC)cc2)S1(=O)=O.COc1ccc(CN2CCC[C@@H]3[C@H]2CC[C@@]2(Cc4ccc(Cl)cc4)c4c(F)ccc(F)c4OC[C@@H]32)cc1.Fc1ccc(F)c2c1OC[C@H]1[C@@H]3CCCN[C@@H]3CC[C@@]21Cc1ccc(Cl)cc1. The molecule has 20 heteroatoms. The molecule has 3 saturated carbocycles. The van der Waals surface area contributed by atoms with E-state index in [1.807, 2.05) is 116 Å². The Morgan fingerprint density at radius 1 is 0.462 bits per heavy atom. The number of methoxy groups -OCH3 is 2. The smallest absolute Gasteiger partial charge is 0.217 e. The molecule has 8 aromatic carbocycles. The molecule has 13 atom stereocenters. The Balaban J connectivity index is 0.000000129. The van der Waals surface area contributed by atoms with E-state index >= 15 is 17.6 Å². The van der Waals surface area contributed by atoms with E-state index in [0.29, 0.717) is 114 Å². The maximum Gasteiger partial charge on any atom is 0.217 e. The lowest BCUT2D eigenvalue weighted by Crippen LogP contribution is -2.63. The van der Waals surface area contributed by atoms with Crippen LogP contribution in [0, 0.1) is 70.4 Å². The highest BCUT2D eigenvalue weighted by atomic mass is 35.5. The highest BCUT2D eigenvalue weighted by Gasteiger charge is 2.61. The lowest BCUT2D eigenvalue weighted by Gasteiger charge is -2.58. The third-order valence-electron chi connectivity index (χ3n) is 25.8. The summed E-state index contributed by atoms with van der Waals surface area (Å²) in [6.07, 6.45) is 11.7. The molecule has 3 aliphatic carbocycles. The molecule has 6 fully saturated rings. The zero-order valence-corrected chi connectivity index (χ0v) is 63.0. The average Bonchev–Trinajstić information content (AvgIpc) is 0.727. The fraction of sp³-hybridized carbons (Fsp3) is 0.442. The van der Waals surface area contributed by atoms with E-state index in [-0.39, 0.29) is 77.3 Å². The molecule has 0 radical (unpaired) electrons. The Morgan fingerprint density at radius 3 is 1.29 bits per heavy atom. The zero-order chi connectivity index (χ0) is 73.8. The molecule has 3 saturated heterocycles. The molecule has 560 valence electrons. The predicted molar refractivity (Wildman–Crippen MR) is 402 cm³/mol. The first kappa shape index (κ1) is 74.5. The molecule has 0 bridgehead atoms. The Kier molecular flexibility index (Phi) is 21.7. The molecule has 10 nitrogen and oxygen atoms in total. The minimum Gasteiger partial charge on any atom is -0.497 e. The van der Waals surface area contributed by atoms with Crippen molar-refractivity contribution in [2.75, 3.05) is 47.1 Å². The van der Waals surface area contributed by atoms with Gasteiger partial charge in [0, 0.05) is 97.0 Å². The molecule has 106 heavy (non-hydrogen) atoms. The summed E-state index contributed by atoms with van der Waals surface area (Å²) >= 11 is 18.4. The summed E-state index contributed by atoms with van der Waals surface area (Å²) in [5.41, 5.74) is 4.76. The van der Waals surface area contributed by atoms with E-state index in [1.165, 1.54) is 35.9 Å². The number of ether oxygens (including phenoxy) is 5. The summed E-state index contributed by atoms with van der Waals surface area (Å²) in [7, 11) is -0.305. The molecule has 17 rings (SSSR count). The molecular formula is C86H90Cl3F6N3O7S. The molecule has 0 amide bonds. The van der Waals surface area contributed by atoms with Crippen LogP contribution < -0.4 is 29.0 Å². The third kappa shape index (κ3) is 14.0. The molecule has 0 spiro atoms. The molecule has 0 aromatic heterocycles. The number of benzene rings is 8. The summed E-state index contributed by atoms with van der Waals surface area (Å²) in [6, 6.07) is 46.6. The van der Waals surface area contributed by atoms with Gasteiger partial charge in [-0.25, -0.2) is 34.8 Å². The lowest BCUT2D eigenvalue weighted by molar-refractivity contribution is -0.0505. The van der Waals surface area contributed by atoms with Crippen molar-refractivity contribution in [1.82, 2.24) is 14.5 Å². The van der Waals surface area contributed by atoms with E-state index in [1.54, 1.807) is 18.5 Å². The van der Waals surface area contributed by atoms with E-state index in [0.717, 1.165) is 105 Å². The monoisotopic (exact) mass is 1530 g/mol. The maximum atomic E-state index is 15.8.